The summed E-state index contributed by atoms with van der Waals surface area (Å²) in [6, 6.07) is 5.06. The maximum Gasteiger partial charge on any atom is 0.271 e. The van der Waals surface area contributed by atoms with Crippen molar-refractivity contribution in [2.24, 2.45) is 4.99 Å². The molecule has 194 valence electrons. The SMILES string of the molecule is CCNC(=O)c1cc(C)c2nn(CC(=O)c3cc(OCCO)c(OC)c(C(C)(C)C)c3)/c(=N\C)n2n1. The summed E-state index contributed by atoms with van der Waals surface area (Å²) in [6.45, 7) is 9.96. The van der Waals surface area contributed by atoms with Gasteiger partial charge in [-0.3, -0.25) is 14.6 Å². The zero-order chi connectivity index (χ0) is 26.6. The lowest BCUT2D eigenvalue weighted by Gasteiger charge is -2.25. The summed E-state index contributed by atoms with van der Waals surface area (Å²) in [5.74, 6) is 0.378. The predicted octanol–water partition coefficient (Wildman–Crippen LogP) is 1.68. The van der Waals surface area contributed by atoms with Crippen molar-refractivity contribution in [1.29, 1.82) is 0 Å². The molecule has 11 nitrogen and oxygen atoms in total. The lowest BCUT2D eigenvalue weighted by Crippen LogP contribution is -2.29. The summed E-state index contributed by atoms with van der Waals surface area (Å²) in [4.78, 5) is 30.1. The Bertz CT molecular complexity index is 1350. The Morgan fingerprint density at radius 2 is 1.92 bits per heavy atom. The first kappa shape index (κ1) is 26.9. The average Bonchev–Trinajstić information content (AvgIpc) is 3.18. The number of ketones is 1. The van der Waals surface area contributed by atoms with Crippen molar-refractivity contribution in [2.75, 3.05) is 33.9 Å². The van der Waals surface area contributed by atoms with Crippen LogP contribution in [0.3, 0.4) is 0 Å². The number of ether oxygens (including phenoxy) is 2. The fourth-order valence-electron chi connectivity index (χ4n) is 3.85. The highest BCUT2D eigenvalue weighted by Crippen LogP contribution is 2.39. The maximum atomic E-state index is 13.5. The normalized spacial score (nSPS) is 12.2. The van der Waals surface area contributed by atoms with Crippen molar-refractivity contribution in [3.8, 4) is 11.5 Å². The van der Waals surface area contributed by atoms with Crippen LogP contribution in [0.15, 0.2) is 23.2 Å². The number of aliphatic hydroxyl groups excluding tert-OH is 1. The third-order valence-corrected chi connectivity index (χ3v) is 5.55. The summed E-state index contributed by atoms with van der Waals surface area (Å²) in [6.07, 6.45) is 0. The first-order chi connectivity index (χ1) is 17.0. The molecule has 0 aliphatic heterocycles. The molecule has 2 N–H and O–H groups in total. The molecule has 0 spiro atoms. The van der Waals surface area contributed by atoms with E-state index in [2.05, 4.69) is 20.5 Å². The molecular weight excluding hydrogens is 464 g/mol. The number of methoxy groups -OCH3 is 1. The van der Waals surface area contributed by atoms with E-state index in [0.717, 1.165) is 11.1 Å². The summed E-state index contributed by atoms with van der Waals surface area (Å²) in [5.41, 5.74) is 2.65. The molecule has 0 aliphatic carbocycles. The van der Waals surface area contributed by atoms with Crippen LogP contribution in [0.5, 0.6) is 11.5 Å². The number of aliphatic hydroxyl groups is 1. The van der Waals surface area contributed by atoms with E-state index in [1.807, 2.05) is 34.6 Å². The second-order valence-corrected chi connectivity index (χ2v) is 9.29. The number of nitrogens with one attached hydrogen (secondary N) is 1. The summed E-state index contributed by atoms with van der Waals surface area (Å²) >= 11 is 0. The second kappa shape index (κ2) is 10.9. The van der Waals surface area contributed by atoms with E-state index in [1.165, 1.54) is 9.20 Å². The predicted molar refractivity (Wildman–Crippen MR) is 134 cm³/mol. The second-order valence-electron chi connectivity index (χ2n) is 9.29. The minimum absolute atomic E-state index is 0.0660. The van der Waals surface area contributed by atoms with Crippen LogP contribution in [0.1, 0.15) is 59.7 Å². The highest BCUT2D eigenvalue weighted by atomic mass is 16.5. The van der Waals surface area contributed by atoms with Crippen LogP contribution >= 0.6 is 0 Å². The largest absolute Gasteiger partial charge is 0.493 e. The Morgan fingerprint density at radius 3 is 2.50 bits per heavy atom. The third kappa shape index (κ3) is 5.40. The van der Waals surface area contributed by atoms with E-state index in [4.69, 9.17) is 9.47 Å². The van der Waals surface area contributed by atoms with Gasteiger partial charge < -0.3 is 19.9 Å². The van der Waals surface area contributed by atoms with Gasteiger partial charge in [0.25, 0.3) is 5.91 Å². The lowest BCUT2D eigenvalue weighted by atomic mass is 9.84. The van der Waals surface area contributed by atoms with Gasteiger partial charge in [-0.2, -0.15) is 9.61 Å². The molecule has 0 saturated carbocycles. The van der Waals surface area contributed by atoms with Gasteiger partial charge in [0.15, 0.2) is 22.9 Å². The van der Waals surface area contributed by atoms with Crippen LogP contribution in [-0.4, -0.2) is 70.1 Å². The van der Waals surface area contributed by atoms with E-state index < -0.39 is 0 Å². The van der Waals surface area contributed by atoms with Crippen LogP contribution in [0.4, 0.5) is 0 Å². The van der Waals surface area contributed by atoms with E-state index >= 15 is 0 Å². The number of aryl methyl sites for hydroxylation is 1. The van der Waals surface area contributed by atoms with Gasteiger partial charge >= 0.3 is 0 Å². The molecule has 0 bridgehead atoms. The highest BCUT2D eigenvalue weighted by molar-refractivity contribution is 5.97. The van der Waals surface area contributed by atoms with Gasteiger partial charge in [-0.05, 0) is 43.0 Å². The molecule has 0 fully saturated rings. The van der Waals surface area contributed by atoms with Gasteiger partial charge in [0.05, 0.1) is 13.7 Å². The number of hydrogen-bond donors (Lipinski definition) is 2. The number of aromatic nitrogens is 4. The van der Waals surface area contributed by atoms with Crippen LogP contribution in [0, 0.1) is 6.92 Å². The summed E-state index contributed by atoms with van der Waals surface area (Å²) in [7, 11) is 3.12. The summed E-state index contributed by atoms with van der Waals surface area (Å²) < 4.78 is 14.2. The topological polar surface area (TPSA) is 132 Å². The van der Waals surface area contributed by atoms with E-state index in [9.17, 15) is 14.7 Å². The van der Waals surface area contributed by atoms with Crippen molar-refractivity contribution in [3.05, 3.63) is 46.2 Å². The minimum atomic E-state index is -0.338. The fraction of sp³-hybridized carbons (Fsp3) is 0.480. The first-order valence-corrected chi connectivity index (χ1v) is 11.7. The van der Waals surface area contributed by atoms with Gasteiger partial charge in [-0.25, -0.2) is 4.68 Å². The van der Waals surface area contributed by atoms with Gasteiger partial charge in [0.2, 0.25) is 5.62 Å². The number of benzene rings is 1. The molecule has 3 aromatic rings. The Balaban J connectivity index is 2.08. The Kier molecular flexibility index (Phi) is 8.13. The van der Waals surface area contributed by atoms with Crippen LogP contribution in [0.2, 0.25) is 0 Å². The van der Waals surface area contributed by atoms with Crippen LogP contribution < -0.4 is 20.4 Å². The number of rotatable bonds is 9. The van der Waals surface area contributed by atoms with Gasteiger partial charge in [0.1, 0.15) is 18.8 Å². The molecule has 0 unspecified atom stereocenters. The first-order valence-electron chi connectivity index (χ1n) is 11.7. The standard InChI is InChI=1S/C25H34N6O5/c1-8-27-23(34)18-11-15(2)22-29-30(24(26-6)31(22)28-18)14-19(33)16-12-17(25(3,4)5)21(35-7)20(13-16)36-10-9-32/h11-13,32H,8-10,14H2,1-7H3,(H,27,34)/b26-24+. The van der Waals surface area contributed by atoms with E-state index in [-0.39, 0.29) is 42.6 Å². The smallest absolute Gasteiger partial charge is 0.271 e. The molecular formula is C25H34N6O5. The lowest BCUT2D eigenvalue weighted by molar-refractivity contribution is 0.0944. The van der Waals surface area contributed by atoms with Crippen molar-refractivity contribution >= 4 is 17.3 Å². The quantitative estimate of drug-likeness (QED) is 0.429. The summed E-state index contributed by atoms with van der Waals surface area (Å²) in [5, 5.41) is 20.9. The zero-order valence-corrected chi connectivity index (χ0v) is 21.9. The molecule has 0 saturated heterocycles. The molecule has 0 atom stereocenters. The Hall–Kier alpha value is -3.73. The number of nitrogens with zero attached hydrogens (tertiary/aromatic N) is 5. The van der Waals surface area contributed by atoms with Crippen LogP contribution in [0.25, 0.3) is 5.65 Å². The van der Waals surface area contributed by atoms with Crippen molar-refractivity contribution in [3.63, 3.8) is 0 Å². The Labute approximate surface area is 209 Å². The third-order valence-electron chi connectivity index (χ3n) is 5.55. The molecule has 1 amide bonds. The maximum absolute atomic E-state index is 13.5. The number of hydrogen-bond acceptors (Lipinski definition) is 8. The molecule has 0 radical (unpaired) electrons. The fourth-order valence-corrected chi connectivity index (χ4v) is 3.85. The number of fused-ring (bicyclic) bond motifs is 1. The molecule has 36 heavy (non-hydrogen) atoms. The van der Waals surface area contributed by atoms with E-state index in [1.54, 1.807) is 32.4 Å². The number of carbonyl (C=O) groups excluding carboxylic acids is 2. The number of Topliss-reactive ketones (excluding diaryl/α,β-unsaturated/α-hetero) is 1. The molecule has 2 aromatic heterocycles. The molecule has 0 aliphatic rings. The molecule has 2 heterocycles. The van der Waals surface area contributed by atoms with Crippen molar-refractivity contribution < 1.29 is 24.2 Å². The average molecular weight is 499 g/mol. The minimum Gasteiger partial charge on any atom is -0.493 e. The molecule has 1 aromatic carbocycles. The molecule has 11 heteroatoms. The van der Waals surface area contributed by atoms with Gasteiger partial charge in [-0.15, -0.1) is 5.10 Å². The Morgan fingerprint density at radius 1 is 1.19 bits per heavy atom. The van der Waals surface area contributed by atoms with Crippen LogP contribution in [-0.2, 0) is 12.0 Å². The monoisotopic (exact) mass is 498 g/mol. The van der Waals surface area contributed by atoms with Gasteiger partial charge in [-0.1, -0.05) is 20.8 Å². The zero-order valence-electron chi connectivity index (χ0n) is 21.9. The van der Waals surface area contributed by atoms with Crippen molar-refractivity contribution in [2.45, 2.75) is 46.6 Å². The highest BCUT2D eigenvalue weighted by Gasteiger charge is 2.25. The number of carbonyl (C=O) groups is 2. The molecule has 3 rings (SSSR count). The van der Waals surface area contributed by atoms with Gasteiger partial charge in [0, 0.05) is 24.7 Å². The van der Waals surface area contributed by atoms with Crippen molar-refractivity contribution in [1.82, 2.24) is 24.7 Å². The number of amides is 1. The van der Waals surface area contributed by atoms with E-state index in [0.29, 0.717) is 34.9 Å².